The van der Waals surface area contributed by atoms with Gasteiger partial charge in [0.1, 0.15) is 5.56 Å². The van der Waals surface area contributed by atoms with Gasteiger partial charge in [0.15, 0.2) is 0 Å². The maximum absolute atomic E-state index is 11.6. The van der Waals surface area contributed by atoms with E-state index in [9.17, 15) is 4.79 Å². The number of rotatable bonds is 2. The molecule has 78 valence electrons. The van der Waals surface area contributed by atoms with E-state index in [0.29, 0.717) is 17.9 Å². The largest absolute Gasteiger partial charge is 0.462 e. The number of aromatic nitrogens is 1. The number of anilines is 1. The van der Waals surface area contributed by atoms with Crippen LogP contribution in [0.25, 0.3) is 5.52 Å². The molecular formula is C11H12N2O2. The molecule has 0 aliphatic carbocycles. The number of fused-ring (bicyclic) bond motifs is 1. The van der Waals surface area contributed by atoms with Gasteiger partial charge in [-0.3, -0.25) is 0 Å². The summed E-state index contributed by atoms with van der Waals surface area (Å²) in [5.74, 6) is -0.372. The molecule has 0 fully saturated rings. The van der Waals surface area contributed by atoms with Crippen molar-refractivity contribution in [1.29, 1.82) is 0 Å². The van der Waals surface area contributed by atoms with Crippen molar-refractivity contribution in [2.75, 3.05) is 12.3 Å². The first-order valence-corrected chi connectivity index (χ1v) is 4.76. The number of nitrogens with zero attached hydrogens (tertiary/aromatic N) is 1. The Bertz CT molecular complexity index is 502. The maximum atomic E-state index is 11.6. The van der Waals surface area contributed by atoms with Crippen LogP contribution in [0.1, 0.15) is 17.3 Å². The number of carbonyl (C=O) groups is 1. The molecule has 0 unspecified atom stereocenters. The molecule has 0 atom stereocenters. The molecule has 2 aromatic rings. The zero-order valence-electron chi connectivity index (χ0n) is 8.43. The molecule has 0 bridgehead atoms. The van der Waals surface area contributed by atoms with Crippen molar-refractivity contribution in [2.24, 2.45) is 0 Å². The highest BCUT2D eigenvalue weighted by Crippen LogP contribution is 2.21. The second kappa shape index (κ2) is 3.65. The average Bonchev–Trinajstić information content (AvgIpc) is 2.54. The summed E-state index contributed by atoms with van der Waals surface area (Å²) in [5.41, 5.74) is 7.42. The third-order valence-corrected chi connectivity index (χ3v) is 2.19. The predicted octanol–water partition coefficient (Wildman–Crippen LogP) is 1.70. The van der Waals surface area contributed by atoms with Gasteiger partial charge in [-0.1, -0.05) is 6.07 Å². The molecule has 0 spiro atoms. The molecule has 2 aromatic heterocycles. The molecule has 0 aromatic carbocycles. The Morgan fingerprint density at radius 3 is 3.07 bits per heavy atom. The third-order valence-electron chi connectivity index (χ3n) is 2.19. The number of carbonyl (C=O) groups excluding carboxylic acids is 1. The predicted molar refractivity (Wildman–Crippen MR) is 57.8 cm³/mol. The molecule has 2 N–H and O–H groups in total. The lowest BCUT2D eigenvalue weighted by molar-refractivity contribution is 0.0530. The van der Waals surface area contributed by atoms with Crippen LogP contribution < -0.4 is 5.73 Å². The number of esters is 1. The average molecular weight is 204 g/mol. The van der Waals surface area contributed by atoms with E-state index in [0.717, 1.165) is 5.52 Å². The lowest BCUT2D eigenvalue weighted by Gasteiger charge is -2.01. The molecule has 0 saturated carbocycles. The highest BCUT2D eigenvalue weighted by Gasteiger charge is 2.16. The van der Waals surface area contributed by atoms with E-state index < -0.39 is 0 Å². The smallest absolute Gasteiger partial charge is 0.342 e. The highest BCUT2D eigenvalue weighted by atomic mass is 16.5. The van der Waals surface area contributed by atoms with Crippen LogP contribution in [0.15, 0.2) is 30.6 Å². The minimum absolute atomic E-state index is 0.350. The van der Waals surface area contributed by atoms with Crippen LogP contribution in [-0.4, -0.2) is 17.0 Å². The topological polar surface area (TPSA) is 56.7 Å². The first-order chi connectivity index (χ1) is 7.24. The van der Waals surface area contributed by atoms with E-state index >= 15 is 0 Å². The van der Waals surface area contributed by atoms with Crippen LogP contribution in [0.4, 0.5) is 5.69 Å². The summed E-state index contributed by atoms with van der Waals surface area (Å²) in [6.07, 6.45) is 3.55. The Labute approximate surface area is 87.3 Å². The van der Waals surface area contributed by atoms with Gasteiger partial charge >= 0.3 is 5.97 Å². The summed E-state index contributed by atoms with van der Waals surface area (Å²) in [4.78, 5) is 11.6. The Balaban J connectivity index is 2.58. The Morgan fingerprint density at radius 2 is 2.33 bits per heavy atom. The third kappa shape index (κ3) is 1.54. The molecular weight excluding hydrogens is 192 g/mol. The second-order valence-corrected chi connectivity index (χ2v) is 3.17. The van der Waals surface area contributed by atoms with Gasteiger partial charge in [0, 0.05) is 12.4 Å². The fraction of sp³-hybridized carbons (Fsp3) is 0.182. The van der Waals surface area contributed by atoms with Crippen molar-refractivity contribution in [3.63, 3.8) is 0 Å². The number of hydrogen-bond donors (Lipinski definition) is 1. The van der Waals surface area contributed by atoms with E-state index in [1.54, 1.807) is 13.1 Å². The highest BCUT2D eigenvalue weighted by molar-refractivity contribution is 6.02. The molecule has 0 amide bonds. The maximum Gasteiger partial charge on any atom is 0.342 e. The van der Waals surface area contributed by atoms with Crippen molar-refractivity contribution in [3.05, 3.63) is 36.2 Å². The van der Waals surface area contributed by atoms with E-state index in [1.807, 2.05) is 28.8 Å². The van der Waals surface area contributed by atoms with Crippen LogP contribution >= 0.6 is 0 Å². The molecule has 0 aliphatic heterocycles. The minimum atomic E-state index is -0.372. The van der Waals surface area contributed by atoms with Crippen LogP contribution in [0, 0.1) is 0 Å². The number of pyridine rings is 1. The molecule has 15 heavy (non-hydrogen) atoms. The van der Waals surface area contributed by atoms with Gasteiger partial charge in [0.2, 0.25) is 0 Å². The number of hydrogen-bond acceptors (Lipinski definition) is 3. The van der Waals surface area contributed by atoms with Crippen molar-refractivity contribution < 1.29 is 9.53 Å². The standard InChI is InChI=1S/C11H12N2O2/c1-2-15-11(14)10-8(12)7-13-6-4-3-5-9(10)13/h3-7H,2,12H2,1H3. The van der Waals surface area contributed by atoms with Crippen molar-refractivity contribution in [2.45, 2.75) is 6.92 Å². The van der Waals surface area contributed by atoms with Crippen molar-refractivity contribution in [3.8, 4) is 0 Å². The molecule has 0 aliphatic rings. The van der Waals surface area contributed by atoms with E-state index in [4.69, 9.17) is 10.5 Å². The Kier molecular flexibility index (Phi) is 2.33. The lowest BCUT2D eigenvalue weighted by atomic mass is 10.2. The zero-order valence-corrected chi connectivity index (χ0v) is 8.43. The second-order valence-electron chi connectivity index (χ2n) is 3.17. The number of nitrogens with two attached hydrogens (primary N) is 1. The van der Waals surface area contributed by atoms with Gasteiger partial charge in [0.05, 0.1) is 17.8 Å². The fourth-order valence-electron chi connectivity index (χ4n) is 1.57. The minimum Gasteiger partial charge on any atom is -0.462 e. The summed E-state index contributed by atoms with van der Waals surface area (Å²) in [6, 6.07) is 5.57. The summed E-state index contributed by atoms with van der Waals surface area (Å²) >= 11 is 0. The number of nitrogen functional groups attached to an aromatic ring is 1. The zero-order chi connectivity index (χ0) is 10.8. The van der Waals surface area contributed by atoms with Crippen LogP contribution in [0.3, 0.4) is 0 Å². The van der Waals surface area contributed by atoms with E-state index in [1.165, 1.54) is 0 Å². The molecule has 0 radical (unpaired) electrons. The van der Waals surface area contributed by atoms with Crippen LogP contribution in [-0.2, 0) is 4.74 Å². The van der Waals surface area contributed by atoms with Gasteiger partial charge in [-0.25, -0.2) is 4.79 Å². The molecule has 0 saturated heterocycles. The summed E-state index contributed by atoms with van der Waals surface area (Å²) in [6.45, 7) is 2.12. The monoisotopic (exact) mass is 204 g/mol. The van der Waals surface area contributed by atoms with E-state index in [-0.39, 0.29) is 5.97 Å². The summed E-state index contributed by atoms with van der Waals surface area (Å²) < 4.78 is 6.75. The lowest BCUT2D eigenvalue weighted by Crippen LogP contribution is -2.06. The summed E-state index contributed by atoms with van der Waals surface area (Å²) in [5, 5.41) is 0. The molecule has 4 nitrogen and oxygen atoms in total. The Hall–Kier alpha value is -1.97. The van der Waals surface area contributed by atoms with Gasteiger partial charge < -0.3 is 14.9 Å². The van der Waals surface area contributed by atoms with Gasteiger partial charge in [-0.05, 0) is 19.1 Å². The van der Waals surface area contributed by atoms with Crippen LogP contribution in [0.5, 0.6) is 0 Å². The number of ether oxygens (including phenoxy) is 1. The fourth-order valence-corrected chi connectivity index (χ4v) is 1.57. The van der Waals surface area contributed by atoms with Gasteiger partial charge in [0.25, 0.3) is 0 Å². The van der Waals surface area contributed by atoms with E-state index in [2.05, 4.69) is 0 Å². The molecule has 2 heterocycles. The summed E-state index contributed by atoms with van der Waals surface area (Å²) in [7, 11) is 0. The van der Waals surface area contributed by atoms with Crippen molar-refractivity contribution in [1.82, 2.24) is 4.40 Å². The SMILES string of the molecule is CCOC(=O)c1c(N)cn2ccccc12. The quantitative estimate of drug-likeness (QED) is 0.757. The van der Waals surface area contributed by atoms with Crippen LogP contribution in [0.2, 0.25) is 0 Å². The van der Waals surface area contributed by atoms with Crippen molar-refractivity contribution >= 4 is 17.2 Å². The normalized spacial score (nSPS) is 10.5. The molecule has 2 rings (SSSR count). The van der Waals surface area contributed by atoms with Gasteiger partial charge in [-0.15, -0.1) is 0 Å². The first-order valence-electron chi connectivity index (χ1n) is 4.76. The van der Waals surface area contributed by atoms with Gasteiger partial charge in [-0.2, -0.15) is 0 Å². The Morgan fingerprint density at radius 1 is 1.53 bits per heavy atom. The first kappa shape index (κ1) is 9.58. The molecule has 4 heteroatoms.